The van der Waals surface area contributed by atoms with Gasteiger partial charge in [-0.15, -0.1) is 24.5 Å². The predicted octanol–water partition coefficient (Wildman–Crippen LogP) is 4.33. The van der Waals surface area contributed by atoms with Gasteiger partial charge in [0.25, 0.3) is 0 Å². The summed E-state index contributed by atoms with van der Waals surface area (Å²) in [7, 11) is 0. The summed E-state index contributed by atoms with van der Waals surface area (Å²) in [4.78, 5) is 15.9. The maximum Gasteiger partial charge on any atom is 0.573 e. The van der Waals surface area contributed by atoms with E-state index in [-0.39, 0.29) is 5.75 Å². The van der Waals surface area contributed by atoms with Crippen LogP contribution in [0.15, 0.2) is 58.9 Å². The van der Waals surface area contributed by atoms with Gasteiger partial charge in [-0.25, -0.2) is 0 Å². The monoisotopic (exact) mass is 439 g/mol. The summed E-state index contributed by atoms with van der Waals surface area (Å²) in [5.41, 5.74) is 2.69. The largest absolute Gasteiger partial charge is 0.573 e. The van der Waals surface area contributed by atoms with Crippen molar-refractivity contribution in [3.05, 3.63) is 58.8 Å². The first kappa shape index (κ1) is 23.6. The van der Waals surface area contributed by atoms with Gasteiger partial charge in [-0.3, -0.25) is 4.99 Å². The number of rotatable bonds is 11. The third-order valence-electron chi connectivity index (χ3n) is 4.01. The van der Waals surface area contributed by atoms with Crippen molar-refractivity contribution in [2.45, 2.75) is 26.3 Å². The van der Waals surface area contributed by atoms with Crippen LogP contribution in [0.4, 0.5) is 13.2 Å². The Bertz CT molecular complexity index is 928. The molecule has 0 spiro atoms. The fourth-order valence-electron chi connectivity index (χ4n) is 2.70. The van der Waals surface area contributed by atoms with E-state index in [4.69, 9.17) is 0 Å². The molecule has 1 N–H and O–H groups in total. The van der Waals surface area contributed by atoms with Crippen LogP contribution in [0.1, 0.15) is 13.3 Å². The molecular formula is C21H24F3N3O2S. The zero-order valence-corrected chi connectivity index (χ0v) is 17.4. The van der Waals surface area contributed by atoms with Crippen molar-refractivity contribution >= 4 is 17.6 Å². The zero-order valence-electron chi connectivity index (χ0n) is 16.6. The quantitative estimate of drug-likeness (QED) is 0.322. The van der Waals surface area contributed by atoms with Crippen LogP contribution in [-0.2, 0) is 11.3 Å². The van der Waals surface area contributed by atoms with Gasteiger partial charge in [0.1, 0.15) is 12.0 Å². The number of hydrogen-bond donors (Lipinski definition) is 1. The predicted molar refractivity (Wildman–Crippen MR) is 112 cm³/mol. The van der Waals surface area contributed by atoms with Gasteiger partial charge in [0.15, 0.2) is 4.80 Å². The standard InChI is InChI=1S/C21H24F3N3O2S/c1-3-5-16(2)14-26-20-27(12-4-10-25-11-13-28)19(15-30-20)17-6-8-18(9-7-17)29-21(22,23)24/h3,5-9,13,15,25H,1,4,10-12,14H2,2H3/b16-5+,26-20?. The minimum Gasteiger partial charge on any atom is -0.406 e. The minimum atomic E-state index is -4.72. The molecule has 162 valence electrons. The second-order valence-corrected chi connectivity index (χ2v) is 7.25. The molecule has 2 aromatic rings. The molecule has 0 radical (unpaired) electrons. The van der Waals surface area contributed by atoms with Crippen molar-refractivity contribution in [2.24, 2.45) is 4.99 Å². The van der Waals surface area contributed by atoms with Crippen LogP contribution in [0.3, 0.4) is 0 Å². The van der Waals surface area contributed by atoms with E-state index in [1.54, 1.807) is 18.2 Å². The Kier molecular flexibility index (Phi) is 9.07. The lowest BCUT2D eigenvalue weighted by molar-refractivity contribution is -0.274. The number of carbonyl (C=O) groups excluding carboxylic acids is 1. The number of ether oxygens (including phenoxy) is 1. The lowest BCUT2D eigenvalue weighted by atomic mass is 10.1. The lowest BCUT2D eigenvalue weighted by Gasteiger charge is -2.11. The van der Waals surface area contributed by atoms with E-state index in [2.05, 4.69) is 21.6 Å². The van der Waals surface area contributed by atoms with Crippen LogP contribution in [-0.4, -0.2) is 36.8 Å². The van der Waals surface area contributed by atoms with Gasteiger partial charge in [0, 0.05) is 11.9 Å². The molecule has 0 aliphatic heterocycles. The second kappa shape index (κ2) is 11.5. The molecule has 1 aromatic heterocycles. The molecule has 0 atom stereocenters. The average molecular weight is 440 g/mol. The van der Waals surface area contributed by atoms with Gasteiger partial charge >= 0.3 is 6.36 Å². The highest BCUT2D eigenvalue weighted by Crippen LogP contribution is 2.27. The van der Waals surface area contributed by atoms with Crippen molar-refractivity contribution in [3.8, 4) is 17.0 Å². The molecule has 9 heteroatoms. The summed E-state index contributed by atoms with van der Waals surface area (Å²) in [6, 6.07) is 5.78. The minimum absolute atomic E-state index is 0.263. The van der Waals surface area contributed by atoms with Crippen LogP contribution >= 0.6 is 11.3 Å². The van der Waals surface area contributed by atoms with Crippen LogP contribution in [0.2, 0.25) is 0 Å². The summed E-state index contributed by atoms with van der Waals surface area (Å²) in [5.74, 6) is -0.263. The number of benzene rings is 1. The highest BCUT2D eigenvalue weighted by Gasteiger charge is 2.31. The van der Waals surface area contributed by atoms with E-state index < -0.39 is 6.36 Å². The third-order valence-corrected chi connectivity index (χ3v) is 4.91. The Balaban J connectivity index is 2.28. The van der Waals surface area contributed by atoms with Crippen molar-refractivity contribution in [1.82, 2.24) is 9.88 Å². The molecule has 0 fully saturated rings. The van der Waals surface area contributed by atoms with Gasteiger partial charge in [0.05, 0.1) is 18.8 Å². The van der Waals surface area contributed by atoms with Crippen LogP contribution in [0.25, 0.3) is 11.3 Å². The van der Waals surface area contributed by atoms with E-state index in [1.165, 1.54) is 23.5 Å². The zero-order chi connectivity index (χ0) is 22.0. The van der Waals surface area contributed by atoms with Crippen LogP contribution in [0.5, 0.6) is 5.75 Å². The molecule has 5 nitrogen and oxygen atoms in total. The fraction of sp³-hybridized carbons (Fsp3) is 0.333. The number of carbonyl (C=O) groups is 1. The lowest BCUT2D eigenvalue weighted by Crippen LogP contribution is -2.22. The maximum absolute atomic E-state index is 12.4. The number of nitrogens with zero attached hydrogens (tertiary/aromatic N) is 2. The van der Waals surface area contributed by atoms with E-state index in [0.717, 1.165) is 34.3 Å². The molecule has 0 aliphatic carbocycles. The summed E-state index contributed by atoms with van der Waals surface area (Å²) in [5, 5.41) is 4.95. The molecule has 0 saturated heterocycles. The van der Waals surface area contributed by atoms with Gasteiger partial charge < -0.3 is 19.4 Å². The number of aromatic nitrogens is 1. The van der Waals surface area contributed by atoms with Gasteiger partial charge in [0.2, 0.25) is 0 Å². The van der Waals surface area contributed by atoms with E-state index >= 15 is 0 Å². The highest BCUT2D eigenvalue weighted by atomic mass is 32.1. The van der Waals surface area contributed by atoms with Gasteiger partial charge in [-0.2, -0.15) is 0 Å². The molecule has 1 aromatic carbocycles. The first-order valence-electron chi connectivity index (χ1n) is 9.31. The number of allylic oxidation sites excluding steroid dienone is 2. The molecule has 0 unspecified atom stereocenters. The SMILES string of the molecule is C=C/C=C(\C)CN=c1scc(-c2ccc(OC(F)(F)F)cc2)n1CCCNCC=O. The number of nitrogens with one attached hydrogen (secondary N) is 1. The number of thiazole rings is 1. The molecule has 30 heavy (non-hydrogen) atoms. The molecule has 0 saturated carbocycles. The maximum atomic E-state index is 12.4. The van der Waals surface area contributed by atoms with Crippen molar-refractivity contribution in [1.29, 1.82) is 0 Å². The second-order valence-electron chi connectivity index (χ2n) is 6.42. The number of aldehydes is 1. The van der Waals surface area contributed by atoms with Crippen LogP contribution in [0, 0.1) is 0 Å². The molecule has 0 amide bonds. The molecule has 2 rings (SSSR count). The van der Waals surface area contributed by atoms with E-state index in [1.807, 2.05) is 22.9 Å². The van der Waals surface area contributed by atoms with Gasteiger partial charge in [-0.05, 0) is 49.7 Å². The summed E-state index contributed by atoms with van der Waals surface area (Å²) >= 11 is 1.47. The van der Waals surface area contributed by atoms with Crippen molar-refractivity contribution in [3.63, 3.8) is 0 Å². The molecular weight excluding hydrogens is 415 g/mol. The highest BCUT2D eigenvalue weighted by molar-refractivity contribution is 7.07. The summed E-state index contributed by atoms with van der Waals surface area (Å²) in [6.45, 7) is 7.77. The van der Waals surface area contributed by atoms with Crippen LogP contribution < -0.4 is 14.9 Å². The fourth-order valence-corrected chi connectivity index (χ4v) is 3.63. The average Bonchev–Trinajstić information content (AvgIpc) is 3.08. The Morgan fingerprint density at radius 3 is 2.70 bits per heavy atom. The Morgan fingerprint density at radius 1 is 1.33 bits per heavy atom. The Hall–Kier alpha value is -2.65. The molecule has 0 bridgehead atoms. The summed E-state index contributed by atoms with van der Waals surface area (Å²) in [6.07, 6.45) is 0.457. The smallest absolute Gasteiger partial charge is 0.406 e. The Morgan fingerprint density at radius 2 is 2.07 bits per heavy atom. The topological polar surface area (TPSA) is 55.6 Å². The normalized spacial score (nSPS) is 12.8. The summed E-state index contributed by atoms with van der Waals surface area (Å²) < 4.78 is 43.1. The first-order chi connectivity index (χ1) is 14.3. The van der Waals surface area contributed by atoms with Crippen molar-refractivity contribution < 1.29 is 22.7 Å². The number of hydrogen-bond acceptors (Lipinski definition) is 5. The Labute approximate surface area is 177 Å². The molecule has 1 heterocycles. The van der Waals surface area contributed by atoms with Crippen molar-refractivity contribution in [2.75, 3.05) is 19.6 Å². The number of alkyl halides is 3. The van der Waals surface area contributed by atoms with Gasteiger partial charge in [-0.1, -0.05) is 24.3 Å². The number of halogens is 3. The molecule has 0 aliphatic rings. The first-order valence-corrected chi connectivity index (χ1v) is 10.2. The van der Waals surface area contributed by atoms with E-state index in [9.17, 15) is 18.0 Å². The third kappa shape index (κ3) is 7.64. The van der Waals surface area contributed by atoms with E-state index in [0.29, 0.717) is 26.2 Å².